The Morgan fingerprint density at radius 1 is 1.18 bits per heavy atom. The highest BCUT2D eigenvalue weighted by Gasteiger charge is 2.21. The molecule has 7 nitrogen and oxygen atoms in total. The number of nitrogens with one attached hydrogen (secondary N) is 2. The molecule has 0 saturated carbocycles. The number of halogens is 2. The van der Waals surface area contributed by atoms with Gasteiger partial charge in [0.05, 0.1) is 19.7 Å². The molecule has 0 radical (unpaired) electrons. The summed E-state index contributed by atoms with van der Waals surface area (Å²) in [6, 6.07) is 8.23. The summed E-state index contributed by atoms with van der Waals surface area (Å²) in [6.45, 7) is 8.51. The Kier molecular flexibility index (Phi) is 12.7. The van der Waals surface area contributed by atoms with Crippen molar-refractivity contribution in [3.05, 3.63) is 34.3 Å². The predicted octanol–water partition coefficient (Wildman–Crippen LogP) is 1.91. The monoisotopic (exact) mass is 567 g/mol. The fraction of sp³-hybridized carbons (Fsp3) is 0.579. The molecule has 9 heteroatoms. The third-order valence-electron chi connectivity index (χ3n) is 4.33. The van der Waals surface area contributed by atoms with E-state index in [1.54, 1.807) is 7.11 Å². The van der Waals surface area contributed by atoms with E-state index in [2.05, 4.69) is 55.4 Å². The molecule has 1 amide bonds. The zero-order valence-electron chi connectivity index (χ0n) is 16.6. The van der Waals surface area contributed by atoms with Crippen molar-refractivity contribution in [2.75, 3.05) is 59.5 Å². The molecule has 1 aromatic carbocycles. The SMILES string of the molecule is CCNC(=NCc1ccc(Br)cc1)N1CCN(CC(=O)NCCOC)CC1.I. The Hall–Kier alpha value is -0.910. The average molecular weight is 568 g/mol. The van der Waals surface area contributed by atoms with Crippen LogP contribution < -0.4 is 10.6 Å². The first-order valence-corrected chi connectivity index (χ1v) is 10.2. The Morgan fingerprint density at radius 3 is 2.46 bits per heavy atom. The Labute approximate surface area is 193 Å². The molecule has 0 spiro atoms. The van der Waals surface area contributed by atoms with Crippen molar-refractivity contribution < 1.29 is 9.53 Å². The van der Waals surface area contributed by atoms with Gasteiger partial charge >= 0.3 is 0 Å². The second-order valence-corrected chi connectivity index (χ2v) is 7.32. The number of carbonyl (C=O) groups is 1. The maximum atomic E-state index is 11.9. The summed E-state index contributed by atoms with van der Waals surface area (Å²) in [5, 5.41) is 6.25. The summed E-state index contributed by atoms with van der Waals surface area (Å²) in [4.78, 5) is 21.1. The average Bonchev–Trinajstić information content (AvgIpc) is 2.67. The molecule has 2 rings (SSSR count). The van der Waals surface area contributed by atoms with Crippen LogP contribution in [0.2, 0.25) is 0 Å². The van der Waals surface area contributed by atoms with Gasteiger partial charge in [0, 0.05) is 50.9 Å². The van der Waals surface area contributed by atoms with Crippen LogP contribution in [0.4, 0.5) is 0 Å². The second-order valence-electron chi connectivity index (χ2n) is 6.40. The van der Waals surface area contributed by atoms with Gasteiger partial charge in [0.25, 0.3) is 0 Å². The van der Waals surface area contributed by atoms with Gasteiger partial charge in [-0.3, -0.25) is 9.69 Å². The molecule has 0 atom stereocenters. The van der Waals surface area contributed by atoms with Crippen molar-refractivity contribution >= 4 is 51.8 Å². The topological polar surface area (TPSA) is 69.2 Å². The van der Waals surface area contributed by atoms with Gasteiger partial charge in [0.1, 0.15) is 0 Å². The molecule has 0 unspecified atom stereocenters. The van der Waals surface area contributed by atoms with Gasteiger partial charge in [-0.25, -0.2) is 4.99 Å². The molecular weight excluding hydrogens is 537 g/mol. The smallest absolute Gasteiger partial charge is 0.234 e. The van der Waals surface area contributed by atoms with Crippen molar-refractivity contribution in [3.8, 4) is 0 Å². The van der Waals surface area contributed by atoms with Crippen molar-refractivity contribution in [3.63, 3.8) is 0 Å². The van der Waals surface area contributed by atoms with Crippen LogP contribution in [-0.2, 0) is 16.1 Å². The van der Waals surface area contributed by atoms with E-state index in [4.69, 9.17) is 9.73 Å². The largest absolute Gasteiger partial charge is 0.383 e. The molecule has 1 aliphatic heterocycles. The Bertz CT molecular complexity index is 607. The van der Waals surface area contributed by atoms with Crippen molar-refractivity contribution in [1.29, 1.82) is 0 Å². The molecule has 0 aliphatic carbocycles. The summed E-state index contributed by atoms with van der Waals surface area (Å²) in [5.74, 6) is 0.987. The Balaban J connectivity index is 0.00000392. The lowest BCUT2D eigenvalue weighted by molar-refractivity contribution is -0.122. The second kappa shape index (κ2) is 14.1. The van der Waals surface area contributed by atoms with Gasteiger partial charge in [-0.1, -0.05) is 28.1 Å². The highest BCUT2D eigenvalue weighted by atomic mass is 127. The van der Waals surface area contributed by atoms with Crippen molar-refractivity contribution in [1.82, 2.24) is 20.4 Å². The maximum absolute atomic E-state index is 11.9. The number of hydrogen-bond donors (Lipinski definition) is 2. The fourth-order valence-electron chi connectivity index (χ4n) is 2.85. The maximum Gasteiger partial charge on any atom is 0.234 e. The van der Waals surface area contributed by atoms with Crippen LogP contribution in [0.15, 0.2) is 33.7 Å². The predicted molar refractivity (Wildman–Crippen MR) is 127 cm³/mol. The number of carbonyl (C=O) groups excluding carboxylic acids is 1. The minimum atomic E-state index is 0. The van der Waals surface area contributed by atoms with E-state index in [9.17, 15) is 4.79 Å². The number of benzene rings is 1. The van der Waals surface area contributed by atoms with Crippen LogP contribution in [0.3, 0.4) is 0 Å². The van der Waals surface area contributed by atoms with Crippen LogP contribution in [0.5, 0.6) is 0 Å². The van der Waals surface area contributed by atoms with E-state index in [0.717, 1.165) is 43.2 Å². The van der Waals surface area contributed by atoms with Gasteiger partial charge < -0.3 is 20.3 Å². The molecule has 1 aromatic rings. The quantitative estimate of drug-likeness (QED) is 0.217. The van der Waals surface area contributed by atoms with Crippen LogP contribution in [0.25, 0.3) is 0 Å². The highest BCUT2D eigenvalue weighted by Crippen LogP contribution is 2.11. The van der Waals surface area contributed by atoms with Gasteiger partial charge in [0.15, 0.2) is 5.96 Å². The zero-order chi connectivity index (χ0) is 19.5. The van der Waals surface area contributed by atoms with Crippen LogP contribution in [0.1, 0.15) is 12.5 Å². The van der Waals surface area contributed by atoms with E-state index in [0.29, 0.717) is 26.2 Å². The lowest BCUT2D eigenvalue weighted by atomic mass is 10.2. The Morgan fingerprint density at radius 2 is 1.86 bits per heavy atom. The van der Waals surface area contributed by atoms with Gasteiger partial charge in [-0.05, 0) is 24.6 Å². The van der Waals surface area contributed by atoms with Gasteiger partial charge in [-0.15, -0.1) is 24.0 Å². The highest BCUT2D eigenvalue weighted by molar-refractivity contribution is 14.0. The summed E-state index contributed by atoms with van der Waals surface area (Å²) < 4.78 is 6.02. The van der Waals surface area contributed by atoms with Crippen molar-refractivity contribution in [2.24, 2.45) is 4.99 Å². The minimum Gasteiger partial charge on any atom is -0.383 e. The number of ether oxygens (including phenoxy) is 1. The minimum absolute atomic E-state index is 0. The first kappa shape index (κ1) is 25.1. The molecule has 1 saturated heterocycles. The van der Waals surface area contributed by atoms with E-state index in [-0.39, 0.29) is 29.9 Å². The number of piperazine rings is 1. The van der Waals surface area contributed by atoms with E-state index in [1.807, 2.05) is 12.1 Å². The fourth-order valence-corrected chi connectivity index (χ4v) is 3.12. The van der Waals surface area contributed by atoms with E-state index in [1.165, 1.54) is 5.56 Å². The van der Waals surface area contributed by atoms with Crippen LogP contribution in [-0.4, -0.2) is 81.2 Å². The number of guanidine groups is 1. The van der Waals surface area contributed by atoms with Crippen molar-refractivity contribution in [2.45, 2.75) is 13.5 Å². The number of nitrogens with zero attached hydrogens (tertiary/aromatic N) is 3. The zero-order valence-corrected chi connectivity index (χ0v) is 20.5. The number of aliphatic imine (C=N–C) groups is 1. The van der Waals surface area contributed by atoms with E-state index >= 15 is 0 Å². The number of methoxy groups -OCH3 is 1. The molecule has 1 fully saturated rings. The lowest BCUT2D eigenvalue weighted by Crippen LogP contribution is -2.54. The summed E-state index contributed by atoms with van der Waals surface area (Å²) in [5.41, 5.74) is 1.18. The van der Waals surface area contributed by atoms with Crippen LogP contribution in [0, 0.1) is 0 Å². The third kappa shape index (κ3) is 9.06. The van der Waals surface area contributed by atoms with Gasteiger partial charge in [-0.2, -0.15) is 0 Å². The molecule has 0 aromatic heterocycles. The first-order chi connectivity index (χ1) is 13.1. The number of hydrogen-bond acceptors (Lipinski definition) is 4. The third-order valence-corrected chi connectivity index (χ3v) is 4.86. The molecule has 1 aliphatic rings. The summed E-state index contributed by atoms with van der Waals surface area (Å²) in [6.07, 6.45) is 0. The van der Waals surface area contributed by atoms with E-state index < -0.39 is 0 Å². The van der Waals surface area contributed by atoms with Crippen LogP contribution >= 0.6 is 39.9 Å². The lowest BCUT2D eigenvalue weighted by Gasteiger charge is -2.36. The standard InChI is InChI=1S/C19H30BrN5O2.HI/c1-3-21-19(23-14-16-4-6-17(20)7-5-16)25-11-9-24(10-12-25)15-18(26)22-8-13-27-2;/h4-7H,3,8-15H2,1-2H3,(H,21,23)(H,22,26);1H. The normalized spacial score (nSPS) is 15.1. The van der Waals surface area contributed by atoms with Gasteiger partial charge in [0.2, 0.25) is 5.91 Å². The number of amides is 1. The number of rotatable bonds is 8. The molecule has 1 heterocycles. The summed E-state index contributed by atoms with van der Waals surface area (Å²) in [7, 11) is 1.63. The first-order valence-electron chi connectivity index (χ1n) is 9.38. The molecule has 28 heavy (non-hydrogen) atoms. The molecule has 2 N–H and O–H groups in total. The molecule has 0 bridgehead atoms. The molecule has 158 valence electrons. The molecular formula is C19H31BrIN5O2. The summed E-state index contributed by atoms with van der Waals surface area (Å²) >= 11 is 3.46.